The summed E-state index contributed by atoms with van der Waals surface area (Å²) >= 11 is 0. The fourth-order valence-electron chi connectivity index (χ4n) is 3.70. The molecule has 2 aliphatic rings. The summed E-state index contributed by atoms with van der Waals surface area (Å²) in [7, 11) is -1.93. The van der Waals surface area contributed by atoms with E-state index in [0.717, 1.165) is 19.2 Å². The number of aliphatic hydroxyl groups excluding tert-OH is 1. The number of carbonyl (C=O) groups excluding carboxylic acids is 1. The molecule has 10 heteroatoms. The van der Waals surface area contributed by atoms with Crippen molar-refractivity contribution in [2.45, 2.75) is 42.4 Å². The van der Waals surface area contributed by atoms with Crippen LogP contribution in [0.4, 0.5) is 4.39 Å². The van der Waals surface area contributed by atoms with Gasteiger partial charge in [-0.2, -0.15) is 0 Å². The molecule has 2 N–H and O–H groups in total. The molecule has 1 aromatic carbocycles. The second-order valence-electron chi connectivity index (χ2n) is 7.63. The third-order valence-electron chi connectivity index (χ3n) is 5.47. The van der Waals surface area contributed by atoms with Crippen molar-refractivity contribution >= 4 is 15.9 Å². The van der Waals surface area contributed by atoms with E-state index < -0.39 is 28.0 Å². The second kappa shape index (κ2) is 9.48. The lowest BCUT2D eigenvalue weighted by molar-refractivity contribution is -0.141. The molecule has 2 aliphatic heterocycles. The number of sulfonamides is 1. The second-order valence-corrected chi connectivity index (χ2v) is 9.34. The van der Waals surface area contributed by atoms with E-state index in [9.17, 15) is 22.7 Å². The highest BCUT2D eigenvalue weighted by atomic mass is 32.2. The van der Waals surface area contributed by atoms with E-state index in [0.29, 0.717) is 25.9 Å². The standard InChI is InChI=1S/C19H28FN3O5S/c1-22-7-9-23(10-8-22)19(25)12-15-5-6-17(18(13-24)28-15)21-29(26,27)16-4-2-3-14(20)11-16/h2-4,11,15,17-18,21,24H,5-10,12-13H2,1H3/t15-,17+,18-/m0/s1. The van der Waals surface area contributed by atoms with E-state index in [2.05, 4.69) is 9.62 Å². The molecular weight excluding hydrogens is 401 g/mol. The van der Waals surface area contributed by atoms with Crippen LogP contribution in [0.25, 0.3) is 0 Å². The molecule has 0 aromatic heterocycles. The van der Waals surface area contributed by atoms with Gasteiger partial charge in [-0.3, -0.25) is 4.79 Å². The van der Waals surface area contributed by atoms with Gasteiger partial charge in [-0.05, 0) is 38.1 Å². The number of carbonyl (C=O) groups is 1. The summed E-state index contributed by atoms with van der Waals surface area (Å²) in [4.78, 5) is 16.3. The van der Waals surface area contributed by atoms with E-state index in [1.165, 1.54) is 18.2 Å². The van der Waals surface area contributed by atoms with Gasteiger partial charge in [0.1, 0.15) is 5.82 Å². The van der Waals surface area contributed by atoms with Gasteiger partial charge in [0.15, 0.2) is 0 Å². The quantitative estimate of drug-likeness (QED) is 0.669. The lowest BCUT2D eigenvalue weighted by Crippen LogP contribution is -2.52. The van der Waals surface area contributed by atoms with Crippen molar-refractivity contribution in [1.82, 2.24) is 14.5 Å². The van der Waals surface area contributed by atoms with E-state index in [4.69, 9.17) is 4.74 Å². The van der Waals surface area contributed by atoms with Gasteiger partial charge in [0.25, 0.3) is 0 Å². The smallest absolute Gasteiger partial charge is 0.241 e. The number of nitrogens with one attached hydrogen (secondary N) is 1. The van der Waals surface area contributed by atoms with Crippen molar-refractivity contribution in [3.05, 3.63) is 30.1 Å². The van der Waals surface area contributed by atoms with Crippen LogP contribution < -0.4 is 4.72 Å². The molecular formula is C19H28FN3O5S. The van der Waals surface area contributed by atoms with Crippen molar-refractivity contribution in [3.63, 3.8) is 0 Å². The number of nitrogens with zero attached hydrogens (tertiary/aromatic N) is 2. The number of rotatable bonds is 6. The molecule has 0 aliphatic carbocycles. The van der Waals surface area contributed by atoms with E-state index in [1.807, 2.05) is 11.9 Å². The molecule has 2 heterocycles. The van der Waals surface area contributed by atoms with Gasteiger partial charge < -0.3 is 19.6 Å². The van der Waals surface area contributed by atoms with Crippen LogP contribution in [0.15, 0.2) is 29.2 Å². The minimum atomic E-state index is -3.95. The molecule has 8 nitrogen and oxygen atoms in total. The van der Waals surface area contributed by atoms with Crippen molar-refractivity contribution in [1.29, 1.82) is 0 Å². The molecule has 1 aromatic rings. The molecule has 0 bridgehead atoms. The predicted octanol–water partition coefficient (Wildman–Crippen LogP) is 0.177. The zero-order valence-electron chi connectivity index (χ0n) is 16.5. The Bertz CT molecular complexity index is 814. The van der Waals surface area contributed by atoms with E-state index in [-0.39, 0.29) is 29.9 Å². The van der Waals surface area contributed by atoms with Crippen molar-refractivity contribution in [2.75, 3.05) is 39.8 Å². The van der Waals surface area contributed by atoms with Crippen molar-refractivity contribution < 1.29 is 27.4 Å². The fraction of sp³-hybridized carbons (Fsp3) is 0.632. The first kappa shape index (κ1) is 22.1. The number of piperazine rings is 1. The summed E-state index contributed by atoms with van der Waals surface area (Å²) in [5, 5.41) is 9.68. The first-order valence-electron chi connectivity index (χ1n) is 9.79. The first-order valence-corrected chi connectivity index (χ1v) is 11.3. The fourth-order valence-corrected chi connectivity index (χ4v) is 5.03. The Labute approximate surface area is 170 Å². The van der Waals surface area contributed by atoms with Crippen LogP contribution in [0, 0.1) is 5.82 Å². The van der Waals surface area contributed by atoms with Crippen LogP contribution in [0.2, 0.25) is 0 Å². The number of likely N-dealkylation sites (N-methyl/N-ethyl adjacent to an activating group) is 1. The molecule has 29 heavy (non-hydrogen) atoms. The number of benzene rings is 1. The Morgan fingerprint density at radius 3 is 2.66 bits per heavy atom. The zero-order valence-corrected chi connectivity index (χ0v) is 17.3. The highest BCUT2D eigenvalue weighted by Crippen LogP contribution is 2.24. The van der Waals surface area contributed by atoms with Gasteiger partial charge in [0, 0.05) is 26.2 Å². The average molecular weight is 430 g/mol. The summed E-state index contributed by atoms with van der Waals surface area (Å²) in [5.41, 5.74) is 0. The van der Waals surface area contributed by atoms with Crippen LogP contribution in [0.3, 0.4) is 0 Å². The summed E-state index contributed by atoms with van der Waals surface area (Å²) in [6.07, 6.45) is -0.0114. The topological polar surface area (TPSA) is 99.2 Å². The van der Waals surface area contributed by atoms with Gasteiger partial charge in [-0.25, -0.2) is 17.5 Å². The molecule has 1 amide bonds. The number of halogens is 1. The third-order valence-corrected chi connectivity index (χ3v) is 6.95. The molecule has 2 saturated heterocycles. The highest BCUT2D eigenvalue weighted by Gasteiger charge is 2.35. The van der Waals surface area contributed by atoms with Gasteiger partial charge in [0.05, 0.1) is 36.2 Å². The maximum atomic E-state index is 13.4. The molecule has 3 rings (SSSR count). The van der Waals surface area contributed by atoms with Gasteiger partial charge in [0.2, 0.25) is 15.9 Å². The largest absolute Gasteiger partial charge is 0.394 e. The molecule has 162 valence electrons. The molecule has 2 fully saturated rings. The van der Waals surface area contributed by atoms with Crippen LogP contribution in [-0.2, 0) is 19.6 Å². The van der Waals surface area contributed by atoms with Crippen molar-refractivity contribution in [3.8, 4) is 0 Å². The summed E-state index contributed by atoms with van der Waals surface area (Å²) in [5.74, 6) is -0.632. The normalized spacial score (nSPS) is 26.4. The van der Waals surface area contributed by atoms with Crippen LogP contribution in [-0.4, -0.2) is 87.3 Å². The Balaban J connectivity index is 1.57. The molecule has 0 saturated carbocycles. The summed E-state index contributed by atoms with van der Waals surface area (Å²) in [6.45, 7) is 2.65. The van der Waals surface area contributed by atoms with E-state index in [1.54, 1.807) is 0 Å². The monoisotopic (exact) mass is 429 g/mol. The Morgan fingerprint density at radius 2 is 2.00 bits per heavy atom. The molecule has 0 unspecified atom stereocenters. The Kier molecular flexibility index (Phi) is 7.23. The minimum absolute atomic E-state index is 0.0126. The van der Waals surface area contributed by atoms with Gasteiger partial charge in [-0.15, -0.1) is 0 Å². The molecule has 0 spiro atoms. The highest BCUT2D eigenvalue weighted by molar-refractivity contribution is 7.89. The SMILES string of the molecule is CN1CCN(C(=O)C[C@@H]2CC[C@@H](NS(=O)(=O)c3cccc(F)c3)[C@H](CO)O2)CC1. The average Bonchev–Trinajstić information content (AvgIpc) is 2.69. The Morgan fingerprint density at radius 1 is 1.28 bits per heavy atom. The predicted molar refractivity (Wildman–Crippen MR) is 104 cm³/mol. The first-order chi connectivity index (χ1) is 13.8. The summed E-state index contributed by atoms with van der Waals surface area (Å²) in [6, 6.07) is 4.09. The third kappa shape index (κ3) is 5.73. The number of hydrogen-bond acceptors (Lipinski definition) is 6. The van der Waals surface area contributed by atoms with Gasteiger partial charge in [-0.1, -0.05) is 6.07 Å². The number of aliphatic hydroxyl groups is 1. The summed E-state index contributed by atoms with van der Waals surface area (Å²) < 4.78 is 46.8. The lowest BCUT2D eigenvalue weighted by Gasteiger charge is -2.37. The maximum absolute atomic E-state index is 13.4. The minimum Gasteiger partial charge on any atom is -0.394 e. The number of ether oxygens (including phenoxy) is 1. The Hall–Kier alpha value is -1.59. The maximum Gasteiger partial charge on any atom is 0.241 e. The molecule has 3 atom stereocenters. The van der Waals surface area contributed by atoms with Crippen molar-refractivity contribution in [2.24, 2.45) is 0 Å². The molecule has 0 radical (unpaired) electrons. The number of amides is 1. The van der Waals surface area contributed by atoms with Crippen LogP contribution in [0.1, 0.15) is 19.3 Å². The van der Waals surface area contributed by atoms with Crippen LogP contribution >= 0.6 is 0 Å². The van der Waals surface area contributed by atoms with Crippen LogP contribution in [0.5, 0.6) is 0 Å². The van der Waals surface area contributed by atoms with E-state index >= 15 is 0 Å². The number of hydrogen-bond donors (Lipinski definition) is 2. The van der Waals surface area contributed by atoms with Gasteiger partial charge >= 0.3 is 0 Å². The zero-order chi connectivity index (χ0) is 21.0. The lowest BCUT2D eigenvalue weighted by atomic mass is 9.97.